The number of nitrogens with one attached hydrogen (secondary N) is 2. The Balaban J connectivity index is 1.63. The Morgan fingerprint density at radius 1 is 0.806 bits per heavy atom. The van der Waals surface area contributed by atoms with Gasteiger partial charge in [-0.05, 0) is 53.8 Å². The second kappa shape index (κ2) is 8.23. The van der Waals surface area contributed by atoms with Crippen molar-refractivity contribution in [1.29, 1.82) is 0 Å². The van der Waals surface area contributed by atoms with Crippen LogP contribution >= 0.6 is 34.8 Å². The van der Waals surface area contributed by atoms with Gasteiger partial charge < -0.3 is 10.6 Å². The van der Waals surface area contributed by atoms with Crippen LogP contribution in [0, 0.1) is 0 Å². The number of Topliss-reactive ketones (excluding diaryl/α,β-unsaturated/α-hetero) is 1. The number of hydrogen-bond donors (Lipinski definition) is 2. The van der Waals surface area contributed by atoms with Crippen LogP contribution in [-0.4, -0.2) is 5.78 Å². The van der Waals surface area contributed by atoms with E-state index in [0.29, 0.717) is 33.5 Å². The molecule has 1 aliphatic carbocycles. The SMILES string of the molecule is O=C1C[C@H](c2ccc(Cl)cc2)CC2=C1[C@H](c1cccc(Cl)c1Cl)Nc1ccccc1N2. The maximum Gasteiger partial charge on any atom is 0.163 e. The molecule has 0 aromatic heterocycles. The van der Waals surface area contributed by atoms with Crippen molar-refractivity contribution in [3.05, 3.63) is 104 Å². The lowest BCUT2D eigenvalue weighted by molar-refractivity contribution is -0.116. The van der Waals surface area contributed by atoms with E-state index in [-0.39, 0.29) is 11.7 Å². The van der Waals surface area contributed by atoms with E-state index in [9.17, 15) is 4.79 Å². The molecule has 2 atom stereocenters. The summed E-state index contributed by atoms with van der Waals surface area (Å²) < 4.78 is 0. The van der Waals surface area contributed by atoms with Crippen LogP contribution in [0.2, 0.25) is 15.1 Å². The summed E-state index contributed by atoms with van der Waals surface area (Å²) in [5.41, 5.74) is 5.36. The summed E-state index contributed by atoms with van der Waals surface area (Å²) in [4.78, 5) is 13.5. The van der Waals surface area contributed by atoms with Gasteiger partial charge in [0.25, 0.3) is 0 Å². The van der Waals surface area contributed by atoms with Crippen LogP contribution in [-0.2, 0) is 4.79 Å². The van der Waals surface area contributed by atoms with Gasteiger partial charge in [0, 0.05) is 22.7 Å². The molecular weight excluding hydrogens is 451 g/mol. The van der Waals surface area contributed by atoms with Gasteiger partial charge in [-0.15, -0.1) is 0 Å². The van der Waals surface area contributed by atoms with Gasteiger partial charge in [-0.1, -0.05) is 71.2 Å². The molecule has 2 N–H and O–H groups in total. The molecule has 3 nitrogen and oxygen atoms in total. The van der Waals surface area contributed by atoms with E-state index >= 15 is 0 Å². The van der Waals surface area contributed by atoms with Crippen LogP contribution in [0.5, 0.6) is 0 Å². The average molecular weight is 470 g/mol. The monoisotopic (exact) mass is 468 g/mol. The molecular formula is C25H19Cl3N2O. The third kappa shape index (κ3) is 3.82. The number of para-hydroxylation sites is 2. The number of hydrogen-bond acceptors (Lipinski definition) is 3. The van der Waals surface area contributed by atoms with Crippen molar-refractivity contribution in [2.45, 2.75) is 24.8 Å². The highest BCUT2D eigenvalue weighted by Crippen LogP contribution is 2.46. The van der Waals surface area contributed by atoms with E-state index in [2.05, 4.69) is 10.6 Å². The second-order valence-corrected chi connectivity index (χ2v) is 9.08. The Kier molecular flexibility index (Phi) is 5.43. The lowest BCUT2D eigenvalue weighted by Gasteiger charge is -2.30. The Morgan fingerprint density at radius 3 is 2.32 bits per heavy atom. The molecule has 3 aromatic carbocycles. The minimum atomic E-state index is -0.393. The number of fused-ring (bicyclic) bond motifs is 1. The third-order valence-corrected chi connectivity index (χ3v) is 7.03. The smallest absolute Gasteiger partial charge is 0.163 e. The van der Waals surface area contributed by atoms with Crippen molar-refractivity contribution in [1.82, 2.24) is 0 Å². The lowest BCUT2D eigenvalue weighted by atomic mass is 9.78. The minimum Gasteiger partial charge on any atom is -0.372 e. The highest BCUT2D eigenvalue weighted by molar-refractivity contribution is 6.42. The van der Waals surface area contributed by atoms with Crippen LogP contribution in [0.1, 0.15) is 35.9 Å². The summed E-state index contributed by atoms with van der Waals surface area (Å²) in [6.07, 6.45) is 1.14. The number of ketones is 1. The molecule has 2 aliphatic rings. The van der Waals surface area contributed by atoms with Gasteiger partial charge in [0.05, 0.1) is 27.5 Å². The Bertz CT molecular complexity index is 1200. The van der Waals surface area contributed by atoms with Gasteiger partial charge in [-0.3, -0.25) is 4.79 Å². The van der Waals surface area contributed by atoms with Crippen molar-refractivity contribution in [3.8, 4) is 0 Å². The first-order valence-corrected chi connectivity index (χ1v) is 11.2. The first-order valence-electron chi connectivity index (χ1n) is 10.1. The quantitative estimate of drug-likeness (QED) is 0.405. The first kappa shape index (κ1) is 20.4. The summed E-state index contributed by atoms with van der Waals surface area (Å²) in [5, 5.41) is 8.68. The standard InChI is InChI=1S/C25H19Cl3N2O/c26-16-10-8-14(9-11-16)15-12-21-23(22(31)13-15)25(17-4-3-5-18(27)24(17)28)30-20-7-2-1-6-19(20)29-21/h1-11,15,25,29-30H,12-13H2/t15-,25+/m1/s1. The van der Waals surface area contributed by atoms with E-state index in [0.717, 1.165) is 28.2 Å². The van der Waals surface area contributed by atoms with Crippen LogP contribution < -0.4 is 10.6 Å². The fourth-order valence-electron chi connectivity index (χ4n) is 4.44. The summed E-state index contributed by atoms with van der Waals surface area (Å²) in [6.45, 7) is 0. The largest absolute Gasteiger partial charge is 0.372 e. The second-order valence-electron chi connectivity index (χ2n) is 7.86. The molecule has 0 bridgehead atoms. The lowest BCUT2D eigenvalue weighted by Crippen LogP contribution is -2.27. The zero-order chi connectivity index (χ0) is 21.5. The molecule has 0 unspecified atom stereocenters. The van der Waals surface area contributed by atoms with Crippen molar-refractivity contribution in [3.63, 3.8) is 0 Å². The van der Waals surface area contributed by atoms with Crippen molar-refractivity contribution in [2.75, 3.05) is 10.6 Å². The highest BCUT2D eigenvalue weighted by atomic mass is 35.5. The van der Waals surface area contributed by atoms with Crippen molar-refractivity contribution >= 4 is 52.0 Å². The third-order valence-electron chi connectivity index (χ3n) is 5.94. The molecule has 1 heterocycles. The number of anilines is 2. The van der Waals surface area contributed by atoms with Gasteiger partial charge in [0.15, 0.2) is 5.78 Å². The van der Waals surface area contributed by atoms with Gasteiger partial charge in [0.1, 0.15) is 0 Å². The summed E-state index contributed by atoms with van der Waals surface area (Å²) in [6, 6.07) is 20.8. The molecule has 5 rings (SSSR count). The van der Waals surface area contributed by atoms with E-state index in [1.807, 2.05) is 60.7 Å². The molecule has 0 amide bonds. The fraction of sp³-hybridized carbons (Fsp3) is 0.160. The van der Waals surface area contributed by atoms with E-state index in [1.54, 1.807) is 6.07 Å². The van der Waals surface area contributed by atoms with E-state index in [4.69, 9.17) is 34.8 Å². The topological polar surface area (TPSA) is 41.1 Å². The molecule has 156 valence electrons. The summed E-state index contributed by atoms with van der Waals surface area (Å²) >= 11 is 19.0. The number of carbonyl (C=O) groups excluding carboxylic acids is 1. The number of halogens is 3. The van der Waals surface area contributed by atoms with Crippen LogP contribution in [0.3, 0.4) is 0 Å². The molecule has 3 aromatic rings. The maximum absolute atomic E-state index is 13.5. The summed E-state index contributed by atoms with van der Waals surface area (Å²) in [7, 11) is 0. The van der Waals surface area contributed by atoms with Gasteiger partial charge in [0.2, 0.25) is 0 Å². The molecule has 0 fully saturated rings. The minimum absolute atomic E-state index is 0.0803. The Morgan fingerprint density at radius 2 is 1.55 bits per heavy atom. The molecule has 0 spiro atoms. The van der Waals surface area contributed by atoms with Crippen LogP contribution in [0.25, 0.3) is 0 Å². The predicted molar refractivity (Wildman–Crippen MR) is 128 cm³/mol. The zero-order valence-electron chi connectivity index (χ0n) is 16.5. The van der Waals surface area contributed by atoms with E-state index in [1.165, 1.54) is 0 Å². The Hall–Kier alpha value is -2.46. The number of carbonyl (C=O) groups is 1. The molecule has 0 saturated heterocycles. The number of rotatable bonds is 2. The van der Waals surface area contributed by atoms with Crippen LogP contribution in [0.4, 0.5) is 11.4 Å². The van der Waals surface area contributed by atoms with Crippen molar-refractivity contribution in [2.24, 2.45) is 0 Å². The zero-order valence-corrected chi connectivity index (χ0v) is 18.7. The fourth-order valence-corrected chi connectivity index (χ4v) is 4.98. The molecule has 1 aliphatic heterocycles. The Labute approximate surface area is 196 Å². The predicted octanol–water partition coefficient (Wildman–Crippen LogP) is 7.63. The molecule has 0 radical (unpaired) electrons. The normalized spacial score (nSPS) is 20.3. The molecule has 6 heteroatoms. The molecule has 31 heavy (non-hydrogen) atoms. The summed E-state index contributed by atoms with van der Waals surface area (Å²) in [5.74, 6) is 0.173. The maximum atomic E-state index is 13.5. The number of benzene rings is 3. The van der Waals surface area contributed by atoms with Gasteiger partial charge >= 0.3 is 0 Å². The van der Waals surface area contributed by atoms with Gasteiger partial charge in [-0.2, -0.15) is 0 Å². The average Bonchev–Trinajstić information content (AvgIpc) is 2.93. The molecule has 0 saturated carbocycles. The highest BCUT2D eigenvalue weighted by Gasteiger charge is 2.36. The van der Waals surface area contributed by atoms with E-state index < -0.39 is 6.04 Å². The number of allylic oxidation sites excluding steroid dienone is 1. The van der Waals surface area contributed by atoms with Gasteiger partial charge in [-0.25, -0.2) is 0 Å². The van der Waals surface area contributed by atoms with Crippen LogP contribution in [0.15, 0.2) is 78.0 Å². The first-order chi connectivity index (χ1) is 15.0. The van der Waals surface area contributed by atoms with Crippen molar-refractivity contribution < 1.29 is 4.79 Å².